The van der Waals surface area contributed by atoms with Crippen LogP contribution < -0.4 is 10.2 Å². The van der Waals surface area contributed by atoms with Crippen molar-refractivity contribution in [2.24, 2.45) is 0 Å². The second-order valence-corrected chi connectivity index (χ2v) is 11.0. The molecule has 3 aromatic rings. The van der Waals surface area contributed by atoms with E-state index in [0.29, 0.717) is 17.7 Å². The molecule has 1 unspecified atom stereocenters. The Labute approximate surface area is 220 Å². The lowest BCUT2D eigenvalue weighted by Crippen LogP contribution is -2.46. The third kappa shape index (κ3) is 5.42. The molecule has 13 heteroatoms. The largest absolute Gasteiger partial charge is 0.443 e. The number of halogens is 4. The first-order valence-corrected chi connectivity index (χ1v) is 13.4. The van der Waals surface area contributed by atoms with Gasteiger partial charge in [-0.2, -0.15) is 17.5 Å². The van der Waals surface area contributed by atoms with Gasteiger partial charge in [0.15, 0.2) is 0 Å². The topological polar surface area (TPSA) is 103 Å². The fourth-order valence-corrected chi connectivity index (χ4v) is 6.19. The molecule has 39 heavy (non-hydrogen) atoms. The van der Waals surface area contributed by atoms with E-state index in [9.17, 15) is 35.9 Å². The number of fused-ring (bicyclic) bond motifs is 1. The molecular weight excluding hydrogens is 542 g/mol. The van der Waals surface area contributed by atoms with Crippen LogP contribution in [0.25, 0.3) is 11.0 Å². The minimum atomic E-state index is -4.49. The lowest BCUT2D eigenvalue weighted by molar-refractivity contribution is -0.137. The summed E-state index contributed by atoms with van der Waals surface area (Å²) < 4.78 is 85.2. The quantitative estimate of drug-likeness (QED) is 0.436. The molecule has 1 fully saturated rings. The predicted molar refractivity (Wildman–Crippen MR) is 133 cm³/mol. The summed E-state index contributed by atoms with van der Waals surface area (Å²) in [4.78, 5) is 14.4. The SMILES string of the molecule is O=C(NCC1=CN(c2ccc(C(F)(F)F)cc2)C(O)C=C1)[C@@H]1CCCN1S(=O)(=O)c1cc2cc(F)ccc2o1. The van der Waals surface area contributed by atoms with Crippen LogP contribution in [-0.4, -0.2) is 49.1 Å². The molecule has 8 nitrogen and oxygen atoms in total. The minimum absolute atomic E-state index is 0.0203. The second-order valence-electron chi connectivity index (χ2n) is 9.17. The molecule has 1 aromatic heterocycles. The van der Waals surface area contributed by atoms with Gasteiger partial charge < -0.3 is 19.7 Å². The first kappa shape index (κ1) is 26.9. The summed E-state index contributed by atoms with van der Waals surface area (Å²) in [5.41, 5.74) is 0.212. The number of alkyl halides is 3. The zero-order valence-electron chi connectivity index (χ0n) is 20.2. The maximum Gasteiger partial charge on any atom is 0.416 e. The van der Waals surface area contributed by atoms with Gasteiger partial charge in [-0.25, -0.2) is 12.8 Å². The summed E-state index contributed by atoms with van der Waals surface area (Å²) in [5.74, 6) is -1.08. The van der Waals surface area contributed by atoms with Crippen molar-refractivity contribution in [2.45, 2.75) is 36.4 Å². The summed E-state index contributed by atoms with van der Waals surface area (Å²) >= 11 is 0. The molecule has 0 spiro atoms. The van der Waals surface area contributed by atoms with E-state index in [4.69, 9.17) is 4.42 Å². The molecule has 0 aliphatic carbocycles. The van der Waals surface area contributed by atoms with Crippen LogP contribution in [0.2, 0.25) is 0 Å². The summed E-state index contributed by atoms with van der Waals surface area (Å²) in [6.07, 6.45) is -0.432. The highest BCUT2D eigenvalue weighted by Gasteiger charge is 2.41. The number of furan rings is 1. The Morgan fingerprint density at radius 3 is 2.59 bits per heavy atom. The average Bonchev–Trinajstić information content (AvgIpc) is 3.56. The van der Waals surface area contributed by atoms with E-state index in [1.807, 2.05) is 0 Å². The molecule has 2 aromatic carbocycles. The molecule has 2 aliphatic heterocycles. The van der Waals surface area contributed by atoms with Crippen LogP contribution in [0.15, 0.2) is 82.0 Å². The van der Waals surface area contributed by atoms with Gasteiger partial charge in [0.2, 0.25) is 11.0 Å². The summed E-state index contributed by atoms with van der Waals surface area (Å²) in [7, 11) is -4.18. The normalized spacial score (nSPS) is 20.4. The minimum Gasteiger partial charge on any atom is -0.443 e. The Hall–Kier alpha value is -3.68. The number of carbonyl (C=O) groups is 1. The Morgan fingerprint density at radius 2 is 1.87 bits per heavy atom. The number of anilines is 1. The van der Waals surface area contributed by atoms with Crippen molar-refractivity contribution < 1.29 is 40.3 Å². The zero-order valence-corrected chi connectivity index (χ0v) is 21.0. The fraction of sp³-hybridized carbons (Fsp3) is 0.269. The molecule has 2 aliphatic rings. The van der Waals surface area contributed by atoms with Gasteiger partial charge >= 0.3 is 6.18 Å². The number of hydrogen-bond acceptors (Lipinski definition) is 6. The fourth-order valence-electron chi connectivity index (χ4n) is 4.58. The number of nitrogens with one attached hydrogen (secondary N) is 1. The van der Waals surface area contributed by atoms with E-state index in [-0.39, 0.29) is 35.6 Å². The first-order valence-electron chi connectivity index (χ1n) is 11.9. The van der Waals surface area contributed by atoms with Crippen molar-refractivity contribution >= 4 is 32.6 Å². The van der Waals surface area contributed by atoms with E-state index in [0.717, 1.165) is 28.6 Å². The highest BCUT2D eigenvalue weighted by atomic mass is 32.2. The lowest BCUT2D eigenvalue weighted by atomic mass is 10.1. The number of aliphatic hydroxyl groups is 1. The molecule has 0 radical (unpaired) electrons. The van der Waals surface area contributed by atoms with Crippen LogP contribution in [0.4, 0.5) is 23.2 Å². The number of benzene rings is 2. The standard InChI is InChI=1S/C26H23F4N3O5S/c27-19-6-9-22-17(12-19)13-24(38-22)39(36,37)33-11-1-2-21(33)25(35)31-14-16-3-10-23(34)32(15-16)20-7-4-18(5-8-20)26(28,29)30/h3-10,12-13,15,21,23,34H,1-2,11,14H2,(H,31,35)/t21-,23?/m0/s1. The number of hydrogen-bond donors (Lipinski definition) is 2. The molecular formula is C26H23F4N3O5S. The van der Waals surface area contributed by atoms with E-state index in [1.165, 1.54) is 41.4 Å². The van der Waals surface area contributed by atoms with Crippen LogP contribution in [0.1, 0.15) is 18.4 Å². The van der Waals surface area contributed by atoms with Gasteiger partial charge in [0.1, 0.15) is 23.7 Å². The van der Waals surface area contributed by atoms with E-state index >= 15 is 0 Å². The van der Waals surface area contributed by atoms with Gasteiger partial charge in [0, 0.05) is 36.4 Å². The molecule has 1 saturated heterocycles. The van der Waals surface area contributed by atoms with Crippen LogP contribution >= 0.6 is 0 Å². The van der Waals surface area contributed by atoms with Gasteiger partial charge in [-0.3, -0.25) is 4.79 Å². The van der Waals surface area contributed by atoms with Crippen LogP contribution in [0.3, 0.4) is 0 Å². The highest BCUT2D eigenvalue weighted by molar-refractivity contribution is 7.89. The monoisotopic (exact) mass is 565 g/mol. The van der Waals surface area contributed by atoms with Crippen molar-refractivity contribution in [2.75, 3.05) is 18.0 Å². The maximum atomic E-state index is 13.5. The Balaban J connectivity index is 1.28. The summed E-state index contributed by atoms with van der Waals surface area (Å²) in [6, 6.07) is 8.13. The first-order chi connectivity index (χ1) is 18.4. The highest BCUT2D eigenvalue weighted by Crippen LogP contribution is 2.32. The van der Waals surface area contributed by atoms with Gasteiger partial charge in [0.05, 0.1) is 5.56 Å². The Morgan fingerprint density at radius 1 is 1.13 bits per heavy atom. The summed E-state index contributed by atoms with van der Waals surface area (Å²) in [5, 5.41) is 12.9. The Kier molecular flexibility index (Phi) is 6.99. The molecule has 206 valence electrons. The van der Waals surface area contributed by atoms with Crippen LogP contribution in [0.5, 0.6) is 0 Å². The number of aliphatic hydroxyl groups excluding tert-OH is 1. The molecule has 3 heterocycles. The van der Waals surface area contributed by atoms with Crippen LogP contribution in [0, 0.1) is 5.82 Å². The third-order valence-corrected chi connectivity index (χ3v) is 8.32. The smallest absolute Gasteiger partial charge is 0.416 e. The van der Waals surface area contributed by atoms with Crippen molar-refractivity contribution in [3.8, 4) is 0 Å². The van der Waals surface area contributed by atoms with E-state index in [1.54, 1.807) is 6.08 Å². The average molecular weight is 566 g/mol. The predicted octanol–water partition coefficient (Wildman–Crippen LogP) is 4.14. The molecule has 2 atom stereocenters. The van der Waals surface area contributed by atoms with Crippen molar-refractivity contribution in [3.63, 3.8) is 0 Å². The lowest BCUT2D eigenvalue weighted by Gasteiger charge is -2.29. The van der Waals surface area contributed by atoms with Gasteiger partial charge in [0.25, 0.3) is 10.0 Å². The molecule has 1 amide bonds. The molecule has 5 rings (SSSR count). The number of nitrogens with zero attached hydrogens (tertiary/aromatic N) is 2. The van der Waals surface area contributed by atoms with Crippen LogP contribution in [-0.2, 0) is 21.0 Å². The van der Waals surface area contributed by atoms with Gasteiger partial charge in [-0.1, -0.05) is 6.08 Å². The van der Waals surface area contributed by atoms with E-state index < -0.39 is 45.8 Å². The van der Waals surface area contributed by atoms with Crippen molar-refractivity contribution in [1.82, 2.24) is 9.62 Å². The van der Waals surface area contributed by atoms with Crippen molar-refractivity contribution in [1.29, 1.82) is 0 Å². The Bertz CT molecular complexity index is 1560. The maximum absolute atomic E-state index is 13.5. The van der Waals surface area contributed by atoms with Crippen molar-refractivity contribution in [3.05, 3.63) is 83.8 Å². The molecule has 0 bridgehead atoms. The zero-order chi connectivity index (χ0) is 27.9. The molecule has 2 N–H and O–H groups in total. The van der Waals surface area contributed by atoms with Gasteiger partial charge in [-0.05, 0) is 67.0 Å². The summed E-state index contributed by atoms with van der Waals surface area (Å²) in [6.45, 7) is 0.0792. The third-order valence-electron chi connectivity index (χ3n) is 6.56. The number of rotatable bonds is 6. The number of amides is 1. The van der Waals surface area contributed by atoms with Gasteiger partial charge in [-0.15, -0.1) is 0 Å². The molecule has 0 saturated carbocycles. The number of sulfonamides is 1. The number of carbonyl (C=O) groups excluding carboxylic acids is 1. The second kappa shape index (κ2) is 10.1. The van der Waals surface area contributed by atoms with E-state index in [2.05, 4.69) is 5.32 Å².